The summed E-state index contributed by atoms with van der Waals surface area (Å²) in [4.78, 5) is 15.8. The summed E-state index contributed by atoms with van der Waals surface area (Å²) in [5.41, 5.74) is 0.610. The number of H-pyrrole nitrogens is 1. The number of hydrogen-bond acceptors (Lipinski definition) is 3. The van der Waals surface area contributed by atoms with E-state index < -0.39 is 0 Å². The van der Waals surface area contributed by atoms with Crippen molar-refractivity contribution in [1.29, 1.82) is 0 Å². The Morgan fingerprint density at radius 1 is 1.40 bits per heavy atom. The number of carbonyl (C=O) groups excluding carboxylic acids is 1. The molecule has 0 aliphatic heterocycles. The Hall–Kier alpha value is -1.85. The SMILES string of the molecule is CC(NC(=O)/C=C/c1c(Cl)cccc1Cl)c1ncn[nH]1. The largest absolute Gasteiger partial charge is 0.343 e. The van der Waals surface area contributed by atoms with Gasteiger partial charge in [0, 0.05) is 21.7 Å². The van der Waals surface area contributed by atoms with Gasteiger partial charge >= 0.3 is 0 Å². The first-order valence-corrected chi connectivity index (χ1v) is 6.61. The molecule has 7 heteroatoms. The third-order valence-corrected chi connectivity index (χ3v) is 3.26. The molecule has 1 amide bonds. The Bertz CT molecular complexity index is 605. The lowest BCUT2D eigenvalue weighted by Gasteiger charge is -2.08. The molecular weight excluding hydrogens is 299 g/mol. The van der Waals surface area contributed by atoms with Gasteiger partial charge in [-0.15, -0.1) is 0 Å². The van der Waals surface area contributed by atoms with Gasteiger partial charge in [0.05, 0.1) is 6.04 Å². The lowest BCUT2D eigenvalue weighted by atomic mass is 10.2. The van der Waals surface area contributed by atoms with Crippen LogP contribution in [0, 0.1) is 0 Å². The van der Waals surface area contributed by atoms with E-state index in [1.807, 2.05) is 0 Å². The van der Waals surface area contributed by atoms with E-state index in [-0.39, 0.29) is 11.9 Å². The van der Waals surface area contributed by atoms with Crippen LogP contribution in [0.4, 0.5) is 0 Å². The van der Waals surface area contributed by atoms with Crippen molar-refractivity contribution in [2.75, 3.05) is 0 Å². The van der Waals surface area contributed by atoms with Crippen molar-refractivity contribution in [3.63, 3.8) is 0 Å². The summed E-state index contributed by atoms with van der Waals surface area (Å²) in [5, 5.41) is 10.1. The molecule has 2 rings (SSSR count). The highest BCUT2D eigenvalue weighted by Crippen LogP contribution is 2.25. The second-order valence-corrected chi connectivity index (χ2v) is 4.88. The molecule has 0 aliphatic carbocycles. The molecule has 1 aromatic heterocycles. The molecule has 0 aliphatic rings. The van der Waals surface area contributed by atoms with Crippen LogP contribution in [0.25, 0.3) is 6.08 Å². The van der Waals surface area contributed by atoms with Gasteiger partial charge in [0.15, 0.2) is 0 Å². The number of halogens is 2. The molecule has 0 fully saturated rings. The van der Waals surface area contributed by atoms with E-state index in [1.54, 1.807) is 31.2 Å². The van der Waals surface area contributed by atoms with Crippen molar-refractivity contribution in [3.8, 4) is 0 Å². The number of rotatable bonds is 4. The number of aromatic nitrogens is 3. The van der Waals surface area contributed by atoms with Crippen LogP contribution in [-0.4, -0.2) is 21.1 Å². The van der Waals surface area contributed by atoms with Crippen molar-refractivity contribution in [1.82, 2.24) is 20.5 Å². The van der Waals surface area contributed by atoms with E-state index in [0.29, 0.717) is 21.4 Å². The lowest BCUT2D eigenvalue weighted by molar-refractivity contribution is -0.117. The molecule has 0 bridgehead atoms. The molecule has 1 unspecified atom stereocenters. The van der Waals surface area contributed by atoms with Crippen LogP contribution < -0.4 is 5.32 Å². The second-order valence-electron chi connectivity index (χ2n) is 4.07. The predicted octanol–water partition coefficient (Wildman–Crippen LogP) is 3.00. The number of hydrogen-bond donors (Lipinski definition) is 2. The smallest absolute Gasteiger partial charge is 0.244 e. The number of nitrogens with zero attached hydrogens (tertiary/aromatic N) is 2. The lowest BCUT2D eigenvalue weighted by Crippen LogP contribution is -2.25. The number of amides is 1. The maximum Gasteiger partial charge on any atom is 0.244 e. The van der Waals surface area contributed by atoms with Crippen LogP contribution in [0.3, 0.4) is 0 Å². The minimum Gasteiger partial charge on any atom is -0.343 e. The summed E-state index contributed by atoms with van der Waals surface area (Å²) in [6, 6.07) is 4.90. The first-order valence-electron chi connectivity index (χ1n) is 5.86. The maximum atomic E-state index is 11.8. The van der Waals surface area contributed by atoms with Crippen molar-refractivity contribution in [2.24, 2.45) is 0 Å². The molecule has 0 radical (unpaired) electrons. The molecule has 1 atom stereocenters. The number of benzene rings is 1. The third-order valence-electron chi connectivity index (χ3n) is 2.60. The third kappa shape index (κ3) is 3.59. The zero-order valence-corrected chi connectivity index (χ0v) is 12.1. The van der Waals surface area contributed by atoms with E-state index in [1.165, 1.54) is 12.4 Å². The Balaban J connectivity index is 2.03. The molecule has 0 saturated heterocycles. The van der Waals surface area contributed by atoms with Crippen LogP contribution in [0.1, 0.15) is 24.4 Å². The van der Waals surface area contributed by atoms with E-state index in [9.17, 15) is 4.79 Å². The van der Waals surface area contributed by atoms with Gasteiger partial charge in [0.25, 0.3) is 0 Å². The minimum atomic E-state index is -0.273. The van der Waals surface area contributed by atoms with Crippen molar-refractivity contribution in [2.45, 2.75) is 13.0 Å². The first-order chi connectivity index (χ1) is 9.58. The first kappa shape index (κ1) is 14.6. The Morgan fingerprint density at radius 2 is 2.10 bits per heavy atom. The van der Waals surface area contributed by atoms with E-state index in [0.717, 1.165) is 0 Å². The van der Waals surface area contributed by atoms with E-state index >= 15 is 0 Å². The Kier molecular flexibility index (Phi) is 4.76. The summed E-state index contributed by atoms with van der Waals surface area (Å²) < 4.78 is 0. The quantitative estimate of drug-likeness (QED) is 0.853. The Morgan fingerprint density at radius 3 is 2.70 bits per heavy atom. The zero-order valence-electron chi connectivity index (χ0n) is 10.6. The second kappa shape index (κ2) is 6.54. The van der Waals surface area contributed by atoms with Crippen molar-refractivity contribution >= 4 is 35.2 Å². The summed E-state index contributed by atoms with van der Waals surface area (Å²) in [6.45, 7) is 1.80. The summed E-state index contributed by atoms with van der Waals surface area (Å²) in [7, 11) is 0. The molecular formula is C13H12Cl2N4O. The van der Waals surface area contributed by atoms with Crippen LogP contribution in [0.5, 0.6) is 0 Å². The molecule has 0 saturated carbocycles. The van der Waals surface area contributed by atoms with Gasteiger partial charge in [0.1, 0.15) is 12.2 Å². The molecule has 20 heavy (non-hydrogen) atoms. The van der Waals surface area contributed by atoms with Gasteiger partial charge in [-0.2, -0.15) is 5.10 Å². The summed E-state index contributed by atoms with van der Waals surface area (Å²) in [5.74, 6) is 0.312. The van der Waals surface area contributed by atoms with E-state index in [2.05, 4.69) is 20.5 Å². The Labute approximate surface area is 126 Å². The van der Waals surface area contributed by atoms with Gasteiger partial charge < -0.3 is 5.32 Å². The maximum absolute atomic E-state index is 11.8. The van der Waals surface area contributed by atoms with Crippen LogP contribution in [0.2, 0.25) is 10.0 Å². The van der Waals surface area contributed by atoms with Crippen LogP contribution in [-0.2, 0) is 4.79 Å². The highest BCUT2D eigenvalue weighted by Gasteiger charge is 2.10. The van der Waals surface area contributed by atoms with Crippen LogP contribution in [0.15, 0.2) is 30.6 Å². The highest BCUT2D eigenvalue weighted by atomic mass is 35.5. The monoisotopic (exact) mass is 310 g/mol. The summed E-state index contributed by atoms with van der Waals surface area (Å²) >= 11 is 12.0. The van der Waals surface area contributed by atoms with Gasteiger partial charge in [-0.1, -0.05) is 29.3 Å². The average Bonchev–Trinajstić information content (AvgIpc) is 2.92. The van der Waals surface area contributed by atoms with Gasteiger partial charge in [0.2, 0.25) is 5.91 Å². The molecule has 1 aromatic carbocycles. The fraction of sp³-hybridized carbons (Fsp3) is 0.154. The van der Waals surface area contributed by atoms with Crippen LogP contribution >= 0.6 is 23.2 Å². The van der Waals surface area contributed by atoms with Gasteiger partial charge in [-0.25, -0.2) is 4.98 Å². The van der Waals surface area contributed by atoms with Crippen molar-refractivity contribution < 1.29 is 4.79 Å². The fourth-order valence-electron chi connectivity index (χ4n) is 1.58. The average molecular weight is 311 g/mol. The fourth-order valence-corrected chi connectivity index (χ4v) is 2.11. The standard InChI is InChI=1S/C13H12Cl2N4O/c1-8(13-16-7-17-19-13)18-12(20)6-5-9-10(14)3-2-4-11(9)15/h2-8H,1H3,(H,18,20)(H,16,17,19)/b6-5+. The van der Waals surface area contributed by atoms with Gasteiger partial charge in [-0.3, -0.25) is 9.89 Å². The molecule has 0 spiro atoms. The topological polar surface area (TPSA) is 70.7 Å². The molecule has 2 N–H and O–H groups in total. The van der Waals surface area contributed by atoms with E-state index in [4.69, 9.17) is 23.2 Å². The minimum absolute atomic E-state index is 0.267. The highest BCUT2D eigenvalue weighted by molar-refractivity contribution is 6.37. The molecule has 1 heterocycles. The molecule has 104 valence electrons. The van der Waals surface area contributed by atoms with Crippen molar-refractivity contribution in [3.05, 3.63) is 52.0 Å². The number of nitrogens with one attached hydrogen (secondary N) is 2. The molecule has 5 nitrogen and oxygen atoms in total. The molecule has 2 aromatic rings. The summed E-state index contributed by atoms with van der Waals surface area (Å²) in [6.07, 6.45) is 4.34. The normalized spacial score (nSPS) is 12.6. The predicted molar refractivity (Wildman–Crippen MR) is 78.4 cm³/mol. The number of carbonyl (C=O) groups is 1. The zero-order chi connectivity index (χ0) is 14.5. The van der Waals surface area contributed by atoms with Gasteiger partial charge in [-0.05, 0) is 25.1 Å². The number of aromatic amines is 1.